The van der Waals surface area contributed by atoms with Gasteiger partial charge in [-0.3, -0.25) is 0 Å². The Labute approximate surface area is 143 Å². The molecule has 2 aromatic heterocycles. The number of rotatable bonds is 5. The zero-order chi connectivity index (χ0) is 16.9. The molecule has 0 amide bonds. The third-order valence-corrected chi connectivity index (χ3v) is 4.53. The highest BCUT2D eigenvalue weighted by Crippen LogP contribution is 2.22. The van der Waals surface area contributed by atoms with E-state index < -0.39 is 0 Å². The summed E-state index contributed by atoms with van der Waals surface area (Å²) in [7, 11) is 1.68. The molecule has 2 aromatic rings. The van der Waals surface area contributed by atoms with E-state index in [9.17, 15) is 0 Å². The lowest BCUT2D eigenvalue weighted by molar-refractivity contribution is 0.377. The molecule has 1 N–H and O–H groups in total. The maximum Gasteiger partial charge on any atom is 0.225 e. The van der Waals surface area contributed by atoms with Gasteiger partial charge in [0, 0.05) is 49.3 Å². The molecular weight excluding hydrogens is 302 g/mol. The van der Waals surface area contributed by atoms with Crippen LogP contribution in [0.1, 0.15) is 29.7 Å². The van der Waals surface area contributed by atoms with E-state index in [1.54, 1.807) is 19.5 Å². The molecule has 0 unspecified atom stereocenters. The fourth-order valence-corrected chi connectivity index (χ4v) is 3.20. The maximum absolute atomic E-state index is 5.45. The molecule has 1 saturated heterocycles. The molecule has 128 valence electrons. The number of nitrogens with zero attached hydrogens (tertiary/aromatic N) is 4. The molecule has 24 heavy (non-hydrogen) atoms. The normalized spacial score (nSPS) is 15.5. The summed E-state index contributed by atoms with van der Waals surface area (Å²) in [5.74, 6) is 1.56. The van der Waals surface area contributed by atoms with Gasteiger partial charge in [0.05, 0.1) is 7.11 Å². The molecule has 0 aliphatic carbocycles. The first-order chi connectivity index (χ1) is 11.7. The van der Waals surface area contributed by atoms with E-state index in [2.05, 4.69) is 38.2 Å². The van der Waals surface area contributed by atoms with Crippen LogP contribution in [0.2, 0.25) is 0 Å². The fraction of sp³-hybridized carbons (Fsp3) is 0.500. The van der Waals surface area contributed by atoms with Crippen molar-refractivity contribution in [3.8, 4) is 5.88 Å². The second kappa shape index (κ2) is 7.57. The lowest BCUT2D eigenvalue weighted by Gasteiger charge is -2.32. The van der Waals surface area contributed by atoms with Crippen LogP contribution in [-0.4, -0.2) is 41.2 Å². The molecule has 1 fully saturated rings. The molecule has 6 heteroatoms. The van der Waals surface area contributed by atoms with Gasteiger partial charge in [0.25, 0.3) is 0 Å². The highest BCUT2D eigenvalue weighted by molar-refractivity contribution is 5.36. The SMILES string of the molecule is COc1nc(C)cc(C)c1CNC1CCN(c2ncccn2)CC1. The van der Waals surface area contributed by atoms with Crippen molar-refractivity contribution in [2.75, 3.05) is 25.1 Å². The predicted octanol–water partition coefficient (Wildman–Crippen LogP) is 2.26. The monoisotopic (exact) mass is 327 g/mol. The van der Waals surface area contributed by atoms with Crippen LogP contribution in [0.25, 0.3) is 0 Å². The van der Waals surface area contributed by atoms with E-state index in [1.165, 1.54) is 5.56 Å². The molecular formula is C18H25N5O. The molecule has 0 atom stereocenters. The number of anilines is 1. The van der Waals surface area contributed by atoms with E-state index in [4.69, 9.17) is 4.74 Å². The van der Waals surface area contributed by atoms with Crippen LogP contribution in [0.15, 0.2) is 24.5 Å². The highest BCUT2D eigenvalue weighted by atomic mass is 16.5. The fourth-order valence-electron chi connectivity index (χ4n) is 3.20. The topological polar surface area (TPSA) is 63.2 Å². The molecule has 0 aromatic carbocycles. The van der Waals surface area contributed by atoms with E-state index >= 15 is 0 Å². The first-order valence-corrected chi connectivity index (χ1v) is 8.44. The molecule has 3 rings (SSSR count). The molecule has 3 heterocycles. The van der Waals surface area contributed by atoms with Crippen LogP contribution < -0.4 is 15.0 Å². The van der Waals surface area contributed by atoms with Gasteiger partial charge in [0.15, 0.2) is 0 Å². The third-order valence-electron chi connectivity index (χ3n) is 4.53. The van der Waals surface area contributed by atoms with Crippen molar-refractivity contribution in [3.05, 3.63) is 41.3 Å². The Morgan fingerprint density at radius 3 is 2.58 bits per heavy atom. The number of methoxy groups -OCH3 is 1. The van der Waals surface area contributed by atoms with Gasteiger partial charge >= 0.3 is 0 Å². The van der Waals surface area contributed by atoms with Crippen molar-refractivity contribution < 1.29 is 4.74 Å². The number of pyridine rings is 1. The Bertz CT molecular complexity index is 669. The highest BCUT2D eigenvalue weighted by Gasteiger charge is 2.21. The van der Waals surface area contributed by atoms with E-state index in [-0.39, 0.29) is 0 Å². The largest absolute Gasteiger partial charge is 0.481 e. The van der Waals surface area contributed by atoms with Gasteiger partial charge in [-0.25, -0.2) is 15.0 Å². The zero-order valence-electron chi connectivity index (χ0n) is 14.6. The van der Waals surface area contributed by atoms with Crippen molar-refractivity contribution >= 4 is 5.95 Å². The van der Waals surface area contributed by atoms with Crippen LogP contribution in [-0.2, 0) is 6.54 Å². The van der Waals surface area contributed by atoms with Gasteiger partial charge in [-0.15, -0.1) is 0 Å². The summed E-state index contributed by atoms with van der Waals surface area (Å²) >= 11 is 0. The Balaban J connectivity index is 1.56. The minimum Gasteiger partial charge on any atom is -0.481 e. The van der Waals surface area contributed by atoms with Gasteiger partial charge in [-0.05, 0) is 44.4 Å². The molecule has 0 radical (unpaired) electrons. The second-order valence-corrected chi connectivity index (χ2v) is 6.26. The van der Waals surface area contributed by atoms with Crippen LogP contribution in [0.4, 0.5) is 5.95 Å². The first-order valence-electron chi connectivity index (χ1n) is 8.44. The van der Waals surface area contributed by atoms with Crippen LogP contribution in [0.5, 0.6) is 5.88 Å². The lowest BCUT2D eigenvalue weighted by Crippen LogP contribution is -2.43. The van der Waals surface area contributed by atoms with Crippen molar-refractivity contribution in [2.45, 2.75) is 39.3 Å². The Hall–Kier alpha value is -2.21. The predicted molar refractivity (Wildman–Crippen MR) is 94.4 cm³/mol. The van der Waals surface area contributed by atoms with Gasteiger partial charge in [-0.2, -0.15) is 0 Å². The van der Waals surface area contributed by atoms with Crippen LogP contribution >= 0.6 is 0 Å². The van der Waals surface area contributed by atoms with Gasteiger partial charge in [0.1, 0.15) is 0 Å². The number of nitrogens with one attached hydrogen (secondary N) is 1. The van der Waals surface area contributed by atoms with Crippen molar-refractivity contribution in [2.24, 2.45) is 0 Å². The molecule has 0 spiro atoms. The smallest absolute Gasteiger partial charge is 0.225 e. The number of hydrogen-bond acceptors (Lipinski definition) is 6. The maximum atomic E-state index is 5.45. The summed E-state index contributed by atoms with van der Waals surface area (Å²) in [5.41, 5.74) is 3.36. The zero-order valence-corrected chi connectivity index (χ0v) is 14.6. The van der Waals surface area contributed by atoms with Crippen LogP contribution in [0.3, 0.4) is 0 Å². The first kappa shape index (κ1) is 16.6. The van der Waals surface area contributed by atoms with Gasteiger partial charge in [-0.1, -0.05) is 0 Å². The average Bonchev–Trinajstić information content (AvgIpc) is 2.61. The summed E-state index contributed by atoms with van der Waals surface area (Å²) in [5, 5.41) is 3.66. The standard InChI is InChI=1S/C18H25N5O/c1-13-11-14(2)22-17(24-3)16(13)12-21-15-5-9-23(10-6-15)18-19-7-4-8-20-18/h4,7-8,11,15,21H,5-6,9-10,12H2,1-3H3. The van der Waals surface area contributed by atoms with Crippen LogP contribution in [0, 0.1) is 13.8 Å². The molecule has 1 aliphatic rings. The Kier molecular flexibility index (Phi) is 5.25. The Morgan fingerprint density at radius 1 is 1.21 bits per heavy atom. The summed E-state index contributed by atoms with van der Waals surface area (Å²) in [6.45, 7) is 6.85. The van der Waals surface area contributed by atoms with E-state index in [0.717, 1.165) is 55.6 Å². The average molecular weight is 327 g/mol. The molecule has 1 aliphatic heterocycles. The number of aromatic nitrogens is 3. The van der Waals surface area contributed by atoms with Gasteiger partial charge < -0.3 is 15.0 Å². The van der Waals surface area contributed by atoms with Crippen molar-refractivity contribution in [1.29, 1.82) is 0 Å². The molecule has 0 saturated carbocycles. The summed E-state index contributed by atoms with van der Waals surface area (Å²) in [6, 6.07) is 4.45. The minimum absolute atomic E-state index is 0.496. The third kappa shape index (κ3) is 3.82. The minimum atomic E-state index is 0.496. The molecule has 0 bridgehead atoms. The second-order valence-electron chi connectivity index (χ2n) is 6.26. The number of piperidine rings is 1. The Morgan fingerprint density at radius 2 is 1.92 bits per heavy atom. The number of aryl methyl sites for hydroxylation is 2. The number of hydrogen-bond donors (Lipinski definition) is 1. The van der Waals surface area contributed by atoms with Gasteiger partial charge in [0.2, 0.25) is 11.8 Å². The van der Waals surface area contributed by atoms with E-state index in [0.29, 0.717) is 6.04 Å². The number of ether oxygens (including phenoxy) is 1. The summed E-state index contributed by atoms with van der Waals surface area (Å²) in [4.78, 5) is 15.4. The molecule has 6 nitrogen and oxygen atoms in total. The summed E-state index contributed by atoms with van der Waals surface area (Å²) < 4.78 is 5.45. The summed E-state index contributed by atoms with van der Waals surface area (Å²) in [6.07, 6.45) is 5.76. The lowest BCUT2D eigenvalue weighted by atomic mass is 10.0. The van der Waals surface area contributed by atoms with Crippen molar-refractivity contribution in [1.82, 2.24) is 20.3 Å². The quantitative estimate of drug-likeness (QED) is 0.909. The van der Waals surface area contributed by atoms with Crippen molar-refractivity contribution in [3.63, 3.8) is 0 Å². The van der Waals surface area contributed by atoms with E-state index in [1.807, 2.05) is 13.0 Å².